The first kappa shape index (κ1) is 11.9. The number of nitrogens with zero attached hydrogens (tertiary/aromatic N) is 1. The second-order valence-electron chi connectivity index (χ2n) is 4.30. The Morgan fingerprint density at radius 2 is 2.06 bits per heavy atom. The van der Waals surface area contributed by atoms with Crippen LogP contribution in [0.15, 0.2) is 30.3 Å². The Hall–Kier alpha value is -1.61. The van der Waals surface area contributed by atoms with Crippen LogP contribution >= 0.6 is 0 Å². The van der Waals surface area contributed by atoms with Crippen LogP contribution in [0.1, 0.15) is 24.5 Å². The van der Waals surface area contributed by atoms with Gasteiger partial charge in [-0.1, -0.05) is 30.3 Å². The van der Waals surface area contributed by atoms with Crippen LogP contribution in [-0.4, -0.2) is 29.0 Å². The topological polar surface area (TPSA) is 40.5 Å². The van der Waals surface area contributed by atoms with Crippen molar-refractivity contribution in [3.63, 3.8) is 0 Å². The number of aliphatic hydroxyl groups excluding tert-OH is 1. The first-order valence-corrected chi connectivity index (χ1v) is 5.85. The van der Waals surface area contributed by atoms with E-state index in [1.54, 1.807) is 6.92 Å². The van der Waals surface area contributed by atoms with E-state index < -0.39 is 0 Å². The molecule has 1 aliphatic heterocycles. The highest BCUT2D eigenvalue weighted by Crippen LogP contribution is 2.22. The summed E-state index contributed by atoms with van der Waals surface area (Å²) in [6.45, 7) is 3.18. The number of benzene rings is 1. The van der Waals surface area contributed by atoms with E-state index in [2.05, 4.69) is 6.08 Å². The first-order valence-electron chi connectivity index (χ1n) is 5.85. The maximum Gasteiger partial charge on any atom is 0.219 e. The van der Waals surface area contributed by atoms with Crippen LogP contribution in [0.3, 0.4) is 0 Å². The molecular weight excluding hydrogens is 214 g/mol. The lowest BCUT2D eigenvalue weighted by molar-refractivity contribution is -0.128. The Labute approximate surface area is 101 Å². The predicted molar refractivity (Wildman–Crippen MR) is 67.2 cm³/mol. The lowest BCUT2D eigenvalue weighted by Crippen LogP contribution is -2.32. The number of amides is 1. The zero-order valence-corrected chi connectivity index (χ0v) is 10.0. The molecule has 1 heterocycles. The minimum absolute atomic E-state index is 0.0808. The van der Waals surface area contributed by atoms with Crippen LogP contribution in [-0.2, 0) is 11.4 Å². The van der Waals surface area contributed by atoms with E-state index in [0.29, 0.717) is 6.54 Å². The van der Waals surface area contributed by atoms with Crippen LogP contribution in [0.5, 0.6) is 0 Å². The summed E-state index contributed by atoms with van der Waals surface area (Å²) in [6, 6.07) is 7.93. The SMILES string of the molecule is CC(=O)N1CC=C(c2ccc(CO)cc2)CC1. The number of hydrogen-bond donors (Lipinski definition) is 1. The average molecular weight is 231 g/mol. The molecule has 0 saturated heterocycles. The molecule has 0 aromatic heterocycles. The molecule has 0 aliphatic carbocycles. The normalized spacial score (nSPS) is 15.6. The number of rotatable bonds is 2. The molecule has 2 rings (SSSR count). The molecule has 1 aliphatic rings. The van der Waals surface area contributed by atoms with Crippen molar-refractivity contribution in [2.24, 2.45) is 0 Å². The molecule has 3 heteroatoms. The fourth-order valence-corrected chi connectivity index (χ4v) is 2.04. The highest BCUT2D eigenvalue weighted by atomic mass is 16.3. The molecule has 3 nitrogen and oxygen atoms in total. The number of aliphatic hydroxyl groups is 1. The zero-order valence-electron chi connectivity index (χ0n) is 10.0. The Morgan fingerprint density at radius 3 is 2.53 bits per heavy atom. The minimum Gasteiger partial charge on any atom is -0.392 e. The number of carbonyl (C=O) groups is 1. The first-order chi connectivity index (χ1) is 8.20. The average Bonchev–Trinajstić information content (AvgIpc) is 2.39. The van der Waals surface area contributed by atoms with Crippen LogP contribution < -0.4 is 0 Å². The lowest BCUT2D eigenvalue weighted by Gasteiger charge is -2.25. The van der Waals surface area contributed by atoms with E-state index in [0.717, 1.165) is 18.5 Å². The Balaban J connectivity index is 2.10. The van der Waals surface area contributed by atoms with Gasteiger partial charge in [0.25, 0.3) is 0 Å². The number of carbonyl (C=O) groups excluding carboxylic acids is 1. The molecule has 1 amide bonds. The van der Waals surface area contributed by atoms with Gasteiger partial charge in [-0.25, -0.2) is 0 Å². The van der Waals surface area contributed by atoms with E-state index in [9.17, 15) is 4.79 Å². The summed E-state index contributed by atoms with van der Waals surface area (Å²) in [6.07, 6.45) is 3.01. The van der Waals surface area contributed by atoms with Crippen molar-refractivity contribution in [3.8, 4) is 0 Å². The van der Waals surface area contributed by atoms with E-state index in [1.807, 2.05) is 29.2 Å². The summed E-state index contributed by atoms with van der Waals surface area (Å²) in [5.74, 6) is 0.135. The smallest absolute Gasteiger partial charge is 0.219 e. The van der Waals surface area contributed by atoms with Gasteiger partial charge in [-0.2, -0.15) is 0 Å². The summed E-state index contributed by atoms with van der Waals surface area (Å²) in [7, 11) is 0. The standard InChI is InChI=1S/C14H17NO2/c1-11(17)15-8-6-14(7-9-15)13-4-2-12(10-16)3-5-13/h2-6,16H,7-10H2,1H3. The van der Waals surface area contributed by atoms with Gasteiger partial charge in [0, 0.05) is 20.0 Å². The summed E-state index contributed by atoms with van der Waals surface area (Å²) < 4.78 is 0. The highest BCUT2D eigenvalue weighted by molar-refractivity contribution is 5.76. The van der Waals surface area contributed by atoms with Gasteiger partial charge in [0.1, 0.15) is 0 Å². The van der Waals surface area contributed by atoms with Crippen molar-refractivity contribution in [3.05, 3.63) is 41.5 Å². The van der Waals surface area contributed by atoms with E-state index in [1.165, 1.54) is 11.1 Å². The van der Waals surface area contributed by atoms with Gasteiger partial charge in [0.05, 0.1) is 6.61 Å². The van der Waals surface area contributed by atoms with Gasteiger partial charge in [0.2, 0.25) is 5.91 Å². The van der Waals surface area contributed by atoms with Crippen LogP contribution in [0, 0.1) is 0 Å². The van der Waals surface area contributed by atoms with Crippen molar-refractivity contribution in [1.29, 1.82) is 0 Å². The Bertz CT molecular complexity index is 434. The summed E-state index contributed by atoms with van der Waals surface area (Å²) in [4.78, 5) is 13.0. The van der Waals surface area contributed by atoms with E-state index >= 15 is 0 Å². The lowest BCUT2D eigenvalue weighted by atomic mass is 9.98. The number of hydrogen-bond acceptors (Lipinski definition) is 2. The molecule has 0 atom stereocenters. The largest absolute Gasteiger partial charge is 0.392 e. The third-order valence-corrected chi connectivity index (χ3v) is 3.16. The molecule has 0 bridgehead atoms. The van der Waals surface area contributed by atoms with E-state index in [-0.39, 0.29) is 12.5 Å². The third-order valence-electron chi connectivity index (χ3n) is 3.16. The van der Waals surface area contributed by atoms with Crippen LogP contribution in [0.4, 0.5) is 0 Å². The van der Waals surface area contributed by atoms with Crippen LogP contribution in [0.2, 0.25) is 0 Å². The molecule has 0 fully saturated rings. The van der Waals surface area contributed by atoms with Gasteiger partial charge >= 0.3 is 0 Å². The summed E-state index contributed by atoms with van der Waals surface area (Å²) >= 11 is 0. The zero-order chi connectivity index (χ0) is 12.3. The monoisotopic (exact) mass is 231 g/mol. The van der Waals surface area contributed by atoms with Crippen molar-refractivity contribution < 1.29 is 9.90 Å². The second-order valence-corrected chi connectivity index (χ2v) is 4.30. The van der Waals surface area contributed by atoms with Gasteiger partial charge in [0.15, 0.2) is 0 Å². The predicted octanol–water partition coefficient (Wildman–Crippen LogP) is 1.81. The summed E-state index contributed by atoms with van der Waals surface area (Å²) in [5, 5.41) is 8.98. The molecule has 1 N–H and O–H groups in total. The van der Waals surface area contributed by atoms with Gasteiger partial charge in [-0.05, 0) is 23.1 Å². The highest BCUT2D eigenvalue weighted by Gasteiger charge is 2.14. The molecule has 0 unspecified atom stereocenters. The Morgan fingerprint density at radius 1 is 1.35 bits per heavy atom. The maximum atomic E-state index is 11.2. The fourth-order valence-electron chi connectivity index (χ4n) is 2.04. The third kappa shape index (κ3) is 2.74. The molecule has 1 aromatic rings. The van der Waals surface area contributed by atoms with Gasteiger partial charge < -0.3 is 10.0 Å². The molecule has 1 aromatic carbocycles. The van der Waals surface area contributed by atoms with Crippen molar-refractivity contribution in [2.75, 3.05) is 13.1 Å². The van der Waals surface area contributed by atoms with E-state index in [4.69, 9.17) is 5.11 Å². The molecule has 17 heavy (non-hydrogen) atoms. The molecule has 0 spiro atoms. The molecule has 0 radical (unpaired) electrons. The van der Waals surface area contributed by atoms with Gasteiger partial charge in [-0.15, -0.1) is 0 Å². The quantitative estimate of drug-likeness (QED) is 0.843. The molecule has 90 valence electrons. The Kier molecular flexibility index (Phi) is 3.59. The van der Waals surface area contributed by atoms with Crippen molar-refractivity contribution in [2.45, 2.75) is 20.0 Å². The van der Waals surface area contributed by atoms with Crippen molar-refractivity contribution in [1.82, 2.24) is 4.90 Å². The molecular formula is C14H17NO2. The van der Waals surface area contributed by atoms with Crippen LogP contribution in [0.25, 0.3) is 5.57 Å². The van der Waals surface area contributed by atoms with Gasteiger partial charge in [-0.3, -0.25) is 4.79 Å². The maximum absolute atomic E-state index is 11.2. The minimum atomic E-state index is 0.0808. The summed E-state index contributed by atoms with van der Waals surface area (Å²) in [5.41, 5.74) is 3.40. The van der Waals surface area contributed by atoms with Crippen molar-refractivity contribution >= 4 is 11.5 Å². The molecule has 0 saturated carbocycles. The second kappa shape index (κ2) is 5.15. The fraction of sp³-hybridized carbons (Fsp3) is 0.357.